The lowest BCUT2D eigenvalue weighted by Gasteiger charge is -2.49. The minimum absolute atomic E-state index is 0.417. The Morgan fingerprint density at radius 3 is 2.62 bits per heavy atom. The summed E-state index contributed by atoms with van der Waals surface area (Å²) in [5, 5.41) is 0. The van der Waals surface area contributed by atoms with Crippen LogP contribution < -0.4 is 0 Å². The summed E-state index contributed by atoms with van der Waals surface area (Å²) < 4.78 is 37.9. The number of nitrogens with zero attached hydrogens (tertiary/aromatic N) is 1. The molecule has 3 rings (SSSR count). The molecule has 2 heterocycles. The van der Waals surface area contributed by atoms with Gasteiger partial charge in [0.2, 0.25) is 0 Å². The van der Waals surface area contributed by atoms with E-state index in [9.17, 15) is 17.8 Å². The van der Waals surface area contributed by atoms with Gasteiger partial charge >= 0.3 is 10.3 Å². The van der Waals surface area contributed by atoms with E-state index < -0.39 is 27.9 Å². The van der Waals surface area contributed by atoms with Gasteiger partial charge < -0.3 is 4.74 Å². The molecule has 0 saturated carbocycles. The number of carbonyl (C=O) groups is 1. The van der Waals surface area contributed by atoms with E-state index in [1.807, 2.05) is 30.3 Å². The molecule has 0 aromatic heterocycles. The average molecular weight is 309 g/mol. The van der Waals surface area contributed by atoms with Gasteiger partial charge in [-0.25, -0.2) is 4.31 Å². The highest BCUT2D eigenvalue weighted by atomic mass is 32.2. The smallest absolute Gasteiger partial charge is 0.362 e. The number of rotatable bonds is 3. The summed E-state index contributed by atoms with van der Waals surface area (Å²) in [7, 11) is -4.58. The summed E-state index contributed by atoms with van der Waals surface area (Å²) in [6.07, 6.45) is 4.47. The number of β-lactam (4-membered cyclic amide) rings is 1. The minimum Gasteiger partial charge on any atom is -0.363 e. The van der Waals surface area contributed by atoms with Crippen LogP contribution >= 0.6 is 0 Å². The molecule has 6 nitrogen and oxygen atoms in total. The first-order valence-electron chi connectivity index (χ1n) is 6.64. The molecule has 7 heteroatoms. The third kappa shape index (κ3) is 2.27. The number of hydrogen-bond donors (Lipinski definition) is 1. The first-order valence-corrected chi connectivity index (χ1v) is 8.03. The Balaban J connectivity index is 1.92. The SMILES string of the molecule is O=C1N(S(=O)(=O)O)[C@H](/C=C/c2ccccc2)[C@@]12CCCO2. The number of ether oxygens (including phenoxy) is 1. The monoisotopic (exact) mass is 309 g/mol. The fraction of sp³-hybridized carbons (Fsp3) is 0.357. The van der Waals surface area contributed by atoms with Crippen molar-refractivity contribution in [3.05, 3.63) is 42.0 Å². The lowest BCUT2D eigenvalue weighted by atomic mass is 9.82. The zero-order chi connectivity index (χ0) is 15.1. The Bertz CT molecular complexity index is 677. The molecule has 112 valence electrons. The second-order valence-corrected chi connectivity index (χ2v) is 6.42. The minimum atomic E-state index is -4.58. The number of amides is 1. The molecule has 1 amide bonds. The van der Waals surface area contributed by atoms with E-state index in [1.54, 1.807) is 12.2 Å². The van der Waals surface area contributed by atoms with Gasteiger partial charge in [0, 0.05) is 6.61 Å². The molecular formula is C14H15NO5S. The highest BCUT2D eigenvalue weighted by Crippen LogP contribution is 2.44. The fourth-order valence-corrected chi connectivity index (χ4v) is 3.77. The highest BCUT2D eigenvalue weighted by Gasteiger charge is 2.66. The van der Waals surface area contributed by atoms with Crippen LogP contribution in [0.1, 0.15) is 18.4 Å². The molecule has 1 spiro atoms. The van der Waals surface area contributed by atoms with E-state index in [4.69, 9.17) is 4.74 Å². The predicted octanol–water partition coefficient (Wildman–Crippen LogP) is 1.26. The topological polar surface area (TPSA) is 83.9 Å². The Kier molecular flexibility index (Phi) is 3.35. The average Bonchev–Trinajstić information content (AvgIpc) is 2.94. The molecule has 2 aliphatic heterocycles. The van der Waals surface area contributed by atoms with Gasteiger partial charge in [0.1, 0.15) is 6.04 Å². The van der Waals surface area contributed by atoms with Crippen molar-refractivity contribution in [3.8, 4) is 0 Å². The first kappa shape index (κ1) is 14.2. The van der Waals surface area contributed by atoms with E-state index in [1.165, 1.54) is 0 Å². The van der Waals surface area contributed by atoms with Crippen molar-refractivity contribution in [1.29, 1.82) is 0 Å². The molecule has 0 radical (unpaired) electrons. The molecule has 2 fully saturated rings. The standard InChI is InChI=1S/C14H15NO5S/c16-13-14(9-4-10-20-14)12(15(13)21(17,18)19)8-7-11-5-2-1-3-6-11/h1-3,5-8,12H,4,9-10H2,(H,17,18,19)/b8-7+/t12-,14+/m1/s1. The van der Waals surface area contributed by atoms with Gasteiger partial charge in [0.25, 0.3) is 5.91 Å². The number of carbonyl (C=O) groups excluding carboxylic acids is 1. The van der Waals surface area contributed by atoms with Gasteiger partial charge in [-0.15, -0.1) is 0 Å². The lowest BCUT2D eigenvalue weighted by Crippen LogP contribution is -2.74. The zero-order valence-electron chi connectivity index (χ0n) is 11.2. The third-order valence-corrected chi connectivity index (χ3v) is 4.75. The third-order valence-electron chi connectivity index (χ3n) is 3.86. The molecular weight excluding hydrogens is 294 g/mol. The summed E-state index contributed by atoms with van der Waals surface area (Å²) in [6.45, 7) is 0.417. The summed E-state index contributed by atoms with van der Waals surface area (Å²) in [4.78, 5) is 12.1. The van der Waals surface area contributed by atoms with Crippen molar-refractivity contribution in [2.24, 2.45) is 0 Å². The molecule has 1 aromatic carbocycles. The molecule has 2 saturated heterocycles. The van der Waals surface area contributed by atoms with Gasteiger partial charge in [-0.2, -0.15) is 8.42 Å². The van der Waals surface area contributed by atoms with Crippen LogP contribution in [0.25, 0.3) is 6.08 Å². The van der Waals surface area contributed by atoms with Crippen LogP contribution in [-0.2, 0) is 19.8 Å². The van der Waals surface area contributed by atoms with Crippen LogP contribution in [0.2, 0.25) is 0 Å². The van der Waals surface area contributed by atoms with Crippen molar-refractivity contribution in [2.75, 3.05) is 6.61 Å². The van der Waals surface area contributed by atoms with Crippen LogP contribution in [0, 0.1) is 0 Å². The van der Waals surface area contributed by atoms with Gasteiger partial charge in [-0.1, -0.05) is 42.5 Å². The van der Waals surface area contributed by atoms with E-state index in [0.29, 0.717) is 23.8 Å². The molecule has 21 heavy (non-hydrogen) atoms. The Labute approximate surface area is 122 Å². The predicted molar refractivity (Wildman–Crippen MR) is 75.6 cm³/mol. The van der Waals surface area contributed by atoms with Gasteiger partial charge in [0.15, 0.2) is 5.60 Å². The van der Waals surface area contributed by atoms with E-state index >= 15 is 0 Å². The van der Waals surface area contributed by atoms with E-state index in [-0.39, 0.29) is 0 Å². The lowest BCUT2D eigenvalue weighted by molar-refractivity contribution is -0.175. The van der Waals surface area contributed by atoms with Gasteiger partial charge in [0.05, 0.1) is 0 Å². The maximum atomic E-state index is 12.1. The quantitative estimate of drug-likeness (QED) is 0.671. The Hall–Kier alpha value is -1.70. The molecule has 0 aliphatic carbocycles. The van der Waals surface area contributed by atoms with Gasteiger partial charge in [-0.05, 0) is 18.4 Å². The van der Waals surface area contributed by atoms with Crippen molar-refractivity contribution in [3.63, 3.8) is 0 Å². The Morgan fingerprint density at radius 2 is 2.05 bits per heavy atom. The molecule has 1 aromatic rings. The normalized spacial score (nSPS) is 29.3. The fourth-order valence-electron chi connectivity index (χ4n) is 2.87. The van der Waals surface area contributed by atoms with Gasteiger partial charge in [-0.3, -0.25) is 9.35 Å². The van der Waals surface area contributed by atoms with Crippen LogP contribution in [0.15, 0.2) is 36.4 Å². The molecule has 1 N–H and O–H groups in total. The van der Waals surface area contributed by atoms with Crippen LogP contribution in [0.3, 0.4) is 0 Å². The first-order chi connectivity index (χ1) is 9.95. The molecule has 2 aliphatic rings. The summed E-state index contributed by atoms with van der Waals surface area (Å²) >= 11 is 0. The van der Waals surface area contributed by atoms with Crippen LogP contribution in [0.5, 0.6) is 0 Å². The van der Waals surface area contributed by atoms with E-state index in [0.717, 1.165) is 5.56 Å². The second kappa shape index (κ2) is 4.94. The Morgan fingerprint density at radius 1 is 1.33 bits per heavy atom. The van der Waals surface area contributed by atoms with Crippen molar-refractivity contribution < 1.29 is 22.5 Å². The zero-order valence-corrected chi connectivity index (χ0v) is 12.0. The highest BCUT2D eigenvalue weighted by molar-refractivity contribution is 7.84. The van der Waals surface area contributed by atoms with Crippen LogP contribution in [0.4, 0.5) is 0 Å². The second-order valence-electron chi connectivity index (χ2n) is 5.13. The van der Waals surface area contributed by atoms with E-state index in [2.05, 4.69) is 0 Å². The van der Waals surface area contributed by atoms with Crippen molar-refractivity contribution >= 4 is 22.3 Å². The van der Waals surface area contributed by atoms with Crippen LogP contribution in [-0.4, -0.2) is 41.4 Å². The van der Waals surface area contributed by atoms with Crippen molar-refractivity contribution in [1.82, 2.24) is 4.31 Å². The maximum Gasteiger partial charge on any atom is 0.362 e. The molecule has 2 atom stereocenters. The molecule has 0 bridgehead atoms. The largest absolute Gasteiger partial charge is 0.363 e. The summed E-state index contributed by atoms with van der Waals surface area (Å²) in [5.74, 6) is -0.690. The number of hydrogen-bond acceptors (Lipinski definition) is 4. The summed E-state index contributed by atoms with van der Waals surface area (Å²) in [6, 6.07) is 8.49. The summed E-state index contributed by atoms with van der Waals surface area (Å²) in [5.41, 5.74) is -0.263. The number of benzene rings is 1. The molecule has 0 unspecified atom stereocenters. The van der Waals surface area contributed by atoms with Crippen molar-refractivity contribution in [2.45, 2.75) is 24.5 Å². The maximum absolute atomic E-state index is 12.1.